The van der Waals surface area contributed by atoms with Gasteiger partial charge >= 0.3 is 5.69 Å². The van der Waals surface area contributed by atoms with Gasteiger partial charge in [-0.1, -0.05) is 12.1 Å². The Morgan fingerprint density at radius 2 is 1.79 bits per heavy atom. The van der Waals surface area contributed by atoms with Gasteiger partial charge < -0.3 is 5.84 Å². The van der Waals surface area contributed by atoms with E-state index in [-0.39, 0.29) is 11.7 Å². The first kappa shape index (κ1) is 8.87. The molecular weight excluding hydrogens is 178 g/mol. The maximum atomic E-state index is 11.7. The number of nitrogen functional groups attached to an aromatic ring is 1. The molecule has 0 fully saturated rings. The van der Waals surface area contributed by atoms with Crippen molar-refractivity contribution in [2.24, 2.45) is 0 Å². The van der Waals surface area contributed by atoms with Gasteiger partial charge in [0.25, 0.3) is 0 Å². The van der Waals surface area contributed by atoms with Gasteiger partial charge in [-0.3, -0.25) is 4.57 Å². The van der Waals surface area contributed by atoms with Crippen LogP contribution in [0.5, 0.6) is 0 Å². The first-order valence-electron chi connectivity index (χ1n) is 4.60. The van der Waals surface area contributed by atoms with Crippen LogP contribution in [0.1, 0.15) is 19.9 Å². The molecule has 1 aromatic carbocycles. The van der Waals surface area contributed by atoms with Crippen molar-refractivity contribution in [1.82, 2.24) is 9.24 Å². The minimum absolute atomic E-state index is 0.122. The van der Waals surface area contributed by atoms with Crippen LogP contribution < -0.4 is 11.5 Å². The highest BCUT2D eigenvalue weighted by molar-refractivity contribution is 5.76. The molecule has 1 heterocycles. The van der Waals surface area contributed by atoms with E-state index in [9.17, 15) is 4.79 Å². The number of fused-ring (bicyclic) bond motifs is 1. The summed E-state index contributed by atoms with van der Waals surface area (Å²) < 4.78 is 2.88. The molecule has 0 aliphatic rings. The third kappa shape index (κ3) is 1.04. The molecule has 0 spiro atoms. The lowest BCUT2D eigenvalue weighted by Crippen LogP contribution is -2.30. The molecule has 14 heavy (non-hydrogen) atoms. The molecule has 0 atom stereocenters. The van der Waals surface area contributed by atoms with Crippen LogP contribution >= 0.6 is 0 Å². The summed E-state index contributed by atoms with van der Waals surface area (Å²) in [5, 5.41) is 0. The molecule has 0 aliphatic carbocycles. The summed E-state index contributed by atoms with van der Waals surface area (Å²) in [6.45, 7) is 3.93. The number of imidazole rings is 1. The van der Waals surface area contributed by atoms with Crippen molar-refractivity contribution in [1.29, 1.82) is 0 Å². The van der Waals surface area contributed by atoms with Gasteiger partial charge in [0.15, 0.2) is 0 Å². The van der Waals surface area contributed by atoms with Crippen molar-refractivity contribution in [3.8, 4) is 0 Å². The Morgan fingerprint density at radius 1 is 1.21 bits per heavy atom. The molecule has 0 amide bonds. The first-order valence-corrected chi connectivity index (χ1v) is 4.60. The molecule has 4 heteroatoms. The monoisotopic (exact) mass is 191 g/mol. The molecule has 0 unspecified atom stereocenters. The van der Waals surface area contributed by atoms with E-state index in [1.54, 1.807) is 4.57 Å². The summed E-state index contributed by atoms with van der Waals surface area (Å²) in [7, 11) is 0. The van der Waals surface area contributed by atoms with Crippen LogP contribution in [0.2, 0.25) is 0 Å². The highest BCUT2D eigenvalue weighted by Gasteiger charge is 2.12. The second-order valence-electron chi connectivity index (χ2n) is 3.61. The van der Waals surface area contributed by atoms with E-state index in [2.05, 4.69) is 0 Å². The maximum Gasteiger partial charge on any atom is 0.347 e. The van der Waals surface area contributed by atoms with E-state index >= 15 is 0 Å². The van der Waals surface area contributed by atoms with Crippen molar-refractivity contribution >= 4 is 11.0 Å². The molecule has 0 bridgehead atoms. The Bertz CT molecular complexity index is 522. The number of hydrogen-bond donors (Lipinski definition) is 1. The van der Waals surface area contributed by atoms with Gasteiger partial charge in [0, 0.05) is 6.04 Å². The van der Waals surface area contributed by atoms with Gasteiger partial charge in [0.1, 0.15) is 0 Å². The summed E-state index contributed by atoms with van der Waals surface area (Å²) in [4.78, 5) is 11.7. The van der Waals surface area contributed by atoms with E-state index in [1.807, 2.05) is 38.1 Å². The van der Waals surface area contributed by atoms with Gasteiger partial charge in [-0.05, 0) is 26.0 Å². The standard InChI is InChI=1S/C10H13N3O/c1-7(2)12-8-5-3-4-6-9(8)13(11)10(12)14/h3-7H,11H2,1-2H3. The predicted molar refractivity (Wildman–Crippen MR) is 56.7 cm³/mol. The zero-order chi connectivity index (χ0) is 10.3. The van der Waals surface area contributed by atoms with Gasteiger partial charge in [0.05, 0.1) is 11.0 Å². The number of aromatic nitrogens is 2. The van der Waals surface area contributed by atoms with Gasteiger partial charge in [-0.2, -0.15) is 0 Å². The maximum absolute atomic E-state index is 11.7. The number of rotatable bonds is 1. The molecule has 1 aromatic heterocycles. The summed E-state index contributed by atoms with van der Waals surface area (Å²) in [6.07, 6.45) is 0. The topological polar surface area (TPSA) is 53.0 Å². The molecule has 4 nitrogen and oxygen atoms in total. The summed E-state index contributed by atoms with van der Waals surface area (Å²) in [5.41, 5.74) is 1.49. The highest BCUT2D eigenvalue weighted by atomic mass is 16.2. The average molecular weight is 191 g/mol. The van der Waals surface area contributed by atoms with Crippen LogP contribution in [0.3, 0.4) is 0 Å². The molecular formula is C10H13N3O. The van der Waals surface area contributed by atoms with E-state index in [0.717, 1.165) is 11.0 Å². The number of hydrogen-bond acceptors (Lipinski definition) is 2. The summed E-state index contributed by atoms with van der Waals surface area (Å²) in [5.74, 6) is 5.66. The smallest absolute Gasteiger partial charge is 0.335 e. The Kier molecular flexibility index (Phi) is 1.84. The van der Waals surface area contributed by atoms with Gasteiger partial charge in [-0.25, -0.2) is 9.47 Å². The molecule has 2 N–H and O–H groups in total. The molecule has 2 rings (SSSR count). The second kappa shape index (κ2) is 2.90. The van der Waals surface area contributed by atoms with E-state index in [1.165, 1.54) is 4.68 Å². The van der Waals surface area contributed by atoms with Crippen LogP contribution in [-0.4, -0.2) is 9.24 Å². The van der Waals surface area contributed by atoms with Crippen LogP contribution in [0.15, 0.2) is 29.1 Å². The molecule has 0 aliphatic heterocycles. The fraction of sp³-hybridized carbons (Fsp3) is 0.300. The van der Waals surface area contributed by atoms with Crippen molar-refractivity contribution in [2.45, 2.75) is 19.9 Å². The van der Waals surface area contributed by atoms with Crippen molar-refractivity contribution in [3.05, 3.63) is 34.7 Å². The summed E-state index contributed by atoms with van der Waals surface area (Å²) >= 11 is 0. The fourth-order valence-corrected chi connectivity index (χ4v) is 1.69. The highest BCUT2D eigenvalue weighted by Crippen LogP contribution is 2.14. The fourth-order valence-electron chi connectivity index (χ4n) is 1.69. The zero-order valence-electron chi connectivity index (χ0n) is 8.27. The normalized spacial score (nSPS) is 11.4. The molecule has 74 valence electrons. The minimum atomic E-state index is -0.166. The lowest BCUT2D eigenvalue weighted by atomic mass is 10.3. The largest absolute Gasteiger partial charge is 0.347 e. The predicted octanol–water partition coefficient (Wildman–Crippen LogP) is 1.10. The number of nitrogens with zero attached hydrogens (tertiary/aromatic N) is 2. The molecule has 0 saturated carbocycles. The first-order chi connectivity index (χ1) is 6.63. The van der Waals surface area contributed by atoms with Crippen molar-refractivity contribution in [2.75, 3.05) is 5.84 Å². The molecule has 0 saturated heterocycles. The Balaban J connectivity index is 2.95. The Labute approximate surface area is 81.5 Å². The zero-order valence-corrected chi connectivity index (χ0v) is 8.27. The quantitative estimate of drug-likeness (QED) is 0.686. The van der Waals surface area contributed by atoms with Crippen LogP contribution in [0.4, 0.5) is 0 Å². The molecule has 0 radical (unpaired) electrons. The second-order valence-corrected chi connectivity index (χ2v) is 3.61. The Morgan fingerprint density at radius 3 is 2.36 bits per heavy atom. The lowest BCUT2D eigenvalue weighted by molar-refractivity contribution is 0.587. The van der Waals surface area contributed by atoms with Crippen molar-refractivity contribution < 1.29 is 0 Å². The molecule has 2 aromatic rings. The number of benzene rings is 1. The van der Waals surface area contributed by atoms with E-state index in [0.29, 0.717) is 0 Å². The van der Waals surface area contributed by atoms with Gasteiger partial charge in [-0.15, -0.1) is 0 Å². The third-order valence-corrected chi connectivity index (χ3v) is 2.33. The minimum Gasteiger partial charge on any atom is -0.335 e. The number of nitrogens with two attached hydrogens (primary N) is 1. The van der Waals surface area contributed by atoms with Crippen LogP contribution in [0, 0.1) is 0 Å². The summed E-state index contributed by atoms with van der Waals surface area (Å²) in [6, 6.07) is 7.64. The number of para-hydroxylation sites is 2. The van der Waals surface area contributed by atoms with Crippen LogP contribution in [-0.2, 0) is 0 Å². The SMILES string of the molecule is CC(C)n1c(=O)n(N)c2ccccc21. The van der Waals surface area contributed by atoms with E-state index in [4.69, 9.17) is 5.84 Å². The third-order valence-electron chi connectivity index (χ3n) is 2.33. The van der Waals surface area contributed by atoms with Crippen LogP contribution in [0.25, 0.3) is 11.0 Å². The van der Waals surface area contributed by atoms with E-state index < -0.39 is 0 Å². The average Bonchev–Trinajstić information content (AvgIpc) is 2.41. The van der Waals surface area contributed by atoms with Gasteiger partial charge in [0.2, 0.25) is 0 Å². The van der Waals surface area contributed by atoms with Crippen molar-refractivity contribution in [3.63, 3.8) is 0 Å². The Hall–Kier alpha value is -1.71. The lowest BCUT2D eigenvalue weighted by Gasteiger charge is -2.05.